The molecule has 3 rings (SSSR count). The van der Waals surface area contributed by atoms with Crippen molar-refractivity contribution in [3.63, 3.8) is 0 Å². The number of rotatable bonds is 4. The fourth-order valence-electron chi connectivity index (χ4n) is 3.25. The Balaban J connectivity index is 2.10. The Morgan fingerprint density at radius 1 is 1.10 bits per heavy atom. The predicted octanol–water partition coefficient (Wildman–Crippen LogP) is 5.43. The third-order valence-electron chi connectivity index (χ3n) is 4.49. The highest BCUT2D eigenvalue weighted by Crippen LogP contribution is 2.38. The number of hydrogen-bond donors (Lipinski definition) is 0. The zero-order valence-corrected chi connectivity index (χ0v) is 15.7. The van der Waals surface area contributed by atoms with Gasteiger partial charge in [0.15, 0.2) is 0 Å². The summed E-state index contributed by atoms with van der Waals surface area (Å²) in [7, 11) is 1.63. The summed E-state index contributed by atoms with van der Waals surface area (Å²) in [6, 6.07) is 13.7. The maximum absolute atomic E-state index is 13.3. The van der Waals surface area contributed by atoms with Crippen molar-refractivity contribution in [2.75, 3.05) is 6.61 Å². The standard InChI is InChI=1S/C22H17F3N2O2/c1-3-29-21(28)20-19(16(12-26)13-27(20)2)15-10-8-14(9-11-15)17-6-4-5-7-18(17)22(23,24)25/h4-11,13H,3H2,1-2H3. The van der Waals surface area contributed by atoms with E-state index in [4.69, 9.17) is 4.74 Å². The maximum Gasteiger partial charge on any atom is 0.417 e. The summed E-state index contributed by atoms with van der Waals surface area (Å²) >= 11 is 0. The Morgan fingerprint density at radius 2 is 1.72 bits per heavy atom. The number of carbonyl (C=O) groups excluding carboxylic acids is 1. The van der Waals surface area contributed by atoms with Crippen molar-refractivity contribution in [2.45, 2.75) is 13.1 Å². The van der Waals surface area contributed by atoms with Crippen LogP contribution in [0.3, 0.4) is 0 Å². The van der Waals surface area contributed by atoms with Crippen molar-refractivity contribution in [2.24, 2.45) is 7.05 Å². The Bertz CT molecular complexity index is 1090. The van der Waals surface area contributed by atoms with Gasteiger partial charge in [-0.2, -0.15) is 18.4 Å². The Kier molecular flexibility index (Phi) is 5.46. The average molecular weight is 398 g/mol. The van der Waals surface area contributed by atoms with Gasteiger partial charge in [0.05, 0.1) is 17.7 Å². The molecule has 0 amide bonds. The van der Waals surface area contributed by atoms with Crippen molar-refractivity contribution < 1.29 is 22.7 Å². The van der Waals surface area contributed by atoms with Gasteiger partial charge in [0.25, 0.3) is 0 Å². The molecule has 0 N–H and O–H groups in total. The number of carbonyl (C=O) groups is 1. The summed E-state index contributed by atoms with van der Waals surface area (Å²) in [6.45, 7) is 1.86. The van der Waals surface area contributed by atoms with Gasteiger partial charge in [-0.25, -0.2) is 4.79 Å². The number of alkyl halides is 3. The average Bonchev–Trinajstić information content (AvgIpc) is 3.04. The van der Waals surface area contributed by atoms with Gasteiger partial charge in [-0.05, 0) is 29.7 Å². The molecule has 0 aliphatic carbocycles. The number of esters is 1. The third-order valence-corrected chi connectivity index (χ3v) is 4.49. The van der Waals surface area contributed by atoms with Crippen molar-refractivity contribution in [1.29, 1.82) is 5.26 Å². The van der Waals surface area contributed by atoms with Crippen molar-refractivity contribution >= 4 is 5.97 Å². The SMILES string of the molecule is CCOC(=O)c1c(-c2ccc(-c3ccccc3C(F)(F)F)cc2)c(C#N)cn1C. The second kappa shape index (κ2) is 7.84. The van der Waals surface area contributed by atoms with Crippen molar-refractivity contribution in [3.05, 3.63) is 71.5 Å². The van der Waals surface area contributed by atoms with Crippen LogP contribution in [0, 0.1) is 11.3 Å². The van der Waals surface area contributed by atoms with Crippen LogP contribution in [0.4, 0.5) is 13.2 Å². The summed E-state index contributed by atoms with van der Waals surface area (Å²) in [6.07, 6.45) is -2.95. The highest BCUT2D eigenvalue weighted by Gasteiger charge is 2.33. The lowest BCUT2D eigenvalue weighted by atomic mass is 9.95. The minimum atomic E-state index is -4.47. The molecule has 3 aromatic rings. The molecular formula is C22H17F3N2O2. The van der Waals surface area contributed by atoms with Gasteiger partial charge in [0.1, 0.15) is 11.8 Å². The van der Waals surface area contributed by atoms with E-state index in [0.29, 0.717) is 16.7 Å². The topological polar surface area (TPSA) is 55.0 Å². The minimum Gasteiger partial charge on any atom is -0.461 e. The summed E-state index contributed by atoms with van der Waals surface area (Å²) in [4.78, 5) is 12.4. The predicted molar refractivity (Wildman–Crippen MR) is 102 cm³/mol. The number of ether oxygens (including phenoxy) is 1. The van der Waals surface area contributed by atoms with Crippen LogP contribution in [0.1, 0.15) is 28.5 Å². The highest BCUT2D eigenvalue weighted by molar-refractivity contribution is 5.98. The first kappa shape index (κ1) is 20.2. The molecule has 1 heterocycles. The molecule has 0 aliphatic rings. The number of halogens is 3. The van der Waals surface area contributed by atoms with Gasteiger partial charge >= 0.3 is 12.1 Å². The van der Waals surface area contributed by atoms with Crippen LogP contribution in [0.15, 0.2) is 54.7 Å². The van der Waals surface area contributed by atoms with Gasteiger partial charge in [-0.1, -0.05) is 42.5 Å². The number of aromatic nitrogens is 1. The first-order chi connectivity index (χ1) is 13.8. The zero-order chi connectivity index (χ0) is 21.2. The van der Waals surface area contributed by atoms with Gasteiger partial charge in [-0.3, -0.25) is 0 Å². The van der Waals surface area contributed by atoms with E-state index < -0.39 is 17.7 Å². The number of nitriles is 1. The molecule has 0 aliphatic heterocycles. The van der Waals surface area contributed by atoms with E-state index in [1.807, 2.05) is 0 Å². The second-order valence-corrected chi connectivity index (χ2v) is 6.33. The van der Waals surface area contributed by atoms with Gasteiger partial charge in [-0.15, -0.1) is 0 Å². The molecule has 0 saturated heterocycles. The van der Waals surface area contributed by atoms with E-state index in [0.717, 1.165) is 6.07 Å². The van der Waals surface area contributed by atoms with Gasteiger partial charge in [0.2, 0.25) is 0 Å². The molecule has 0 unspecified atom stereocenters. The van der Waals surface area contributed by atoms with Crippen LogP contribution in [-0.4, -0.2) is 17.1 Å². The number of nitrogens with zero attached hydrogens (tertiary/aromatic N) is 2. The molecule has 0 bridgehead atoms. The minimum absolute atomic E-state index is 0.0609. The summed E-state index contributed by atoms with van der Waals surface area (Å²) in [5.74, 6) is -0.571. The van der Waals surface area contributed by atoms with E-state index in [9.17, 15) is 23.2 Å². The summed E-state index contributed by atoms with van der Waals surface area (Å²) in [5.41, 5.74) is 1.14. The monoisotopic (exact) mass is 398 g/mol. The van der Waals surface area contributed by atoms with E-state index in [1.165, 1.54) is 22.9 Å². The van der Waals surface area contributed by atoms with Crippen molar-refractivity contribution in [1.82, 2.24) is 4.57 Å². The number of benzene rings is 2. The first-order valence-electron chi connectivity index (χ1n) is 8.81. The first-order valence-corrected chi connectivity index (χ1v) is 8.81. The number of hydrogen-bond acceptors (Lipinski definition) is 3. The molecule has 0 fully saturated rings. The second-order valence-electron chi connectivity index (χ2n) is 6.33. The van der Waals surface area contributed by atoms with Crippen LogP contribution in [0.25, 0.3) is 22.3 Å². The Morgan fingerprint density at radius 3 is 2.31 bits per heavy atom. The van der Waals surface area contributed by atoms with E-state index in [1.54, 1.807) is 44.3 Å². The smallest absolute Gasteiger partial charge is 0.417 e. The Hall–Kier alpha value is -3.53. The molecule has 4 nitrogen and oxygen atoms in total. The Labute approximate surface area is 165 Å². The quantitative estimate of drug-likeness (QED) is 0.551. The van der Waals surface area contributed by atoms with E-state index >= 15 is 0 Å². The molecule has 0 spiro atoms. The molecule has 0 saturated carbocycles. The molecule has 29 heavy (non-hydrogen) atoms. The lowest BCUT2D eigenvalue weighted by molar-refractivity contribution is -0.137. The lowest BCUT2D eigenvalue weighted by Gasteiger charge is -2.13. The van der Waals surface area contributed by atoms with E-state index in [-0.39, 0.29) is 23.4 Å². The third kappa shape index (κ3) is 3.87. The summed E-state index contributed by atoms with van der Waals surface area (Å²) in [5, 5.41) is 9.45. The normalized spacial score (nSPS) is 11.2. The lowest BCUT2D eigenvalue weighted by Crippen LogP contribution is -2.10. The molecule has 0 radical (unpaired) electrons. The fourth-order valence-corrected chi connectivity index (χ4v) is 3.25. The summed E-state index contributed by atoms with van der Waals surface area (Å²) < 4.78 is 46.5. The highest BCUT2D eigenvalue weighted by atomic mass is 19.4. The molecular weight excluding hydrogens is 381 g/mol. The largest absolute Gasteiger partial charge is 0.461 e. The van der Waals surface area contributed by atoms with Crippen LogP contribution < -0.4 is 0 Å². The van der Waals surface area contributed by atoms with Crippen LogP contribution in [0.2, 0.25) is 0 Å². The van der Waals surface area contributed by atoms with Crippen LogP contribution in [0.5, 0.6) is 0 Å². The molecule has 2 aromatic carbocycles. The van der Waals surface area contributed by atoms with Gasteiger partial charge < -0.3 is 9.30 Å². The van der Waals surface area contributed by atoms with E-state index in [2.05, 4.69) is 6.07 Å². The van der Waals surface area contributed by atoms with Gasteiger partial charge in [0, 0.05) is 18.8 Å². The molecule has 148 valence electrons. The van der Waals surface area contributed by atoms with Crippen molar-refractivity contribution in [3.8, 4) is 28.3 Å². The van der Waals surface area contributed by atoms with Crippen LogP contribution in [-0.2, 0) is 18.0 Å². The molecule has 1 aromatic heterocycles. The molecule has 7 heteroatoms. The zero-order valence-electron chi connectivity index (χ0n) is 15.7. The molecule has 0 atom stereocenters. The fraction of sp³-hybridized carbons (Fsp3) is 0.182. The van der Waals surface area contributed by atoms with Crippen LogP contribution >= 0.6 is 0 Å². The number of aryl methyl sites for hydroxylation is 1. The maximum atomic E-state index is 13.3.